The molecule has 4 rings (SSSR count). The van der Waals surface area contributed by atoms with Gasteiger partial charge in [0.25, 0.3) is 5.91 Å². The molecule has 0 bridgehead atoms. The van der Waals surface area contributed by atoms with E-state index >= 15 is 0 Å². The zero-order chi connectivity index (χ0) is 24.6. The van der Waals surface area contributed by atoms with E-state index in [9.17, 15) is 9.59 Å². The van der Waals surface area contributed by atoms with Crippen molar-refractivity contribution in [2.75, 3.05) is 36.4 Å². The fourth-order valence-corrected chi connectivity index (χ4v) is 4.18. The summed E-state index contributed by atoms with van der Waals surface area (Å²) in [5, 5.41) is 5.94. The summed E-state index contributed by atoms with van der Waals surface area (Å²) in [6.45, 7) is 4.87. The minimum absolute atomic E-state index is 0.0940. The third-order valence-corrected chi connectivity index (χ3v) is 6.10. The van der Waals surface area contributed by atoms with Gasteiger partial charge in [0, 0.05) is 49.2 Å². The van der Waals surface area contributed by atoms with Crippen LogP contribution in [-0.4, -0.2) is 48.0 Å². The molecule has 1 aliphatic heterocycles. The smallest absolute Gasteiger partial charge is 0.254 e. The number of carbonyl (C=O) groups excluding carboxylic acids is 2. The van der Waals surface area contributed by atoms with E-state index in [1.165, 1.54) is 6.08 Å². The van der Waals surface area contributed by atoms with Gasteiger partial charge in [0.05, 0.1) is 0 Å². The summed E-state index contributed by atoms with van der Waals surface area (Å²) in [7, 11) is 0. The number of hydrogen-bond acceptors (Lipinski definition) is 4. The van der Waals surface area contributed by atoms with Crippen LogP contribution in [0.2, 0.25) is 0 Å². The molecule has 0 aromatic heterocycles. The molecule has 3 aromatic rings. The lowest BCUT2D eigenvalue weighted by Crippen LogP contribution is -2.48. The average Bonchev–Trinajstić information content (AvgIpc) is 2.88. The number of piperazine rings is 1. The summed E-state index contributed by atoms with van der Waals surface area (Å²) >= 11 is 5.26. The maximum absolute atomic E-state index is 12.9. The van der Waals surface area contributed by atoms with Crippen molar-refractivity contribution < 1.29 is 9.59 Å². The van der Waals surface area contributed by atoms with Crippen LogP contribution in [0.5, 0.6) is 0 Å². The molecule has 2 N–H and O–H groups in total. The number of nitrogens with zero attached hydrogens (tertiary/aromatic N) is 2. The maximum atomic E-state index is 12.9. The number of hydrogen-bond donors (Lipinski definition) is 2. The maximum Gasteiger partial charge on any atom is 0.254 e. The highest BCUT2D eigenvalue weighted by Crippen LogP contribution is 2.21. The number of rotatable bonds is 5. The van der Waals surface area contributed by atoms with Crippen LogP contribution in [0.3, 0.4) is 0 Å². The number of carbonyl (C=O) groups is 2. The molecule has 0 atom stereocenters. The Bertz CT molecular complexity index is 1220. The van der Waals surface area contributed by atoms with Crippen LogP contribution in [0.25, 0.3) is 6.08 Å². The van der Waals surface area contributed by atoms with Crippen molar-refractivity contribution in [1.29, 1.82) is 0 Å². The highest BCUT2D eigenvalue weighted by Gasteiger charge is 2.23. The lowest BCUT2D eigenvalue weighted by Gasteiger charge is -2.36. The van der Waals surface area contributed by atoms with Crippen LogP contribution < -0.4 is 15.5 Å². The summed E-state index contributed by atoms with van der Waals surface area (Å²) < 4.78 is 0. The van der Waals surface area contributed by atoms with Crippen LogP contribution in [0, 0.1) is 6.92 Å². The van der Waals surface area contributed by atoms with Crippen LogP contribution in [0.15, 0.2) is 84.9 Å². The molecule has 0 aliphatic carbocycles. The van der Waals surface area contributed by atoms with Gasteiger partial charge in [-0.3, -0.25) is 14.9 Å². The molecule has 3 aromatic carbocycles. The summed E-state index contributed by atoms with van der Waals surface area (Å²) in [6.07, 6.45) is 3.19. The second-order valence-corrected chi connectivity index (χ2v) is 8.74. The highest BCUT2D eigenvalue weighted by atomic mass is 32.1. The molecule has 1 aliphatic rings. The van der Waals surface area contributed by atoms with E-state index in [-0.39, 0.29) is 16.9 Å². The van der Waals surface area contributed by atoms with Gasteiger partial charge in [0.2, 0.25) is 5.91 Å². The second-order valence-electron chi connectivity index (χ2n) is 8.33. The van der Waals surface area contributed by atoms with Gasteiger partial charge in [-0.2, -0.15) is 0 Å². The minimum Gasteiger partial charge on any atom is -0.368 e. The van der Waals surface area contributed by atoms with Crippen molar-refractivity contribution in [2.24, 2.45) is 0 Å². The monoisotopic (exact) mass is 484 g/mol. The fourth-order valence-electron chi connectivity index (χ4n) is 3.96. The van der Waals surface area contributed by atoms with Crippen molar-refractivity contribution in [3.63, 3.8) is 0 Å². The minimum atomic E-state index is -0.291. The number of amides is 2. The second kappa shape index (κ2) is 11.4. The third kappa shape index (κ3) is 6.55. The first-order valence-electron chi connectivity index (χ1n) is 11.5. The number of anilines is 2. The number of aryl methyl sites for hydroxylation is 1. The van der Waals surface area contributed by atoms with E-state index in [0.717, 1.165) is 41.2 Å². The summed E-state index contributed by atoms with van der Waals surface area (Å²) in [5.74, 6) is -0.197. The predicted octanol–water partition coefficient (Wildman–Crippen LogP) is 4.48. The van der Waals surface area contributed by atoms with E-state index in [1.807, 2.05) is 90.7 Å². The third-order valence-electron chi connectivity index (χ3n) is 5.90. The van der Waals surface area contributed by atoms with Gasteiger partial charge in [-0.05, 0) is 66.7 Å². The Kier molecular flexibility index (Phi) is 7.90. The van der Waals surface area contributed by atoms with Crippen molar-refractivity contribution in [3.8, 4) is 0 Å². The topological polar surface area (TPSA) is 64.7 Å². The molecule has 35 heavy (non-hydrogen) atoms. The van der Waals surface area contributed by atoms with E-state index in [4.69, 9.17) is 12.2 Å². The molecule has 0 spiro atoms. The van der Waals surface area contributed by atoms with E-state index in [0.29, 0.717) is 13.1 Å². The van der Waals surface area contributed by atoms with Crippen LogP contribution in [0.4, 0.5) is 11.4 Å². The molecule has 178 valence electrons. The highest BCUT2D eigenvalue weighted by molar-refractivity contribution is 7.80. The first-order valence-corrected chi connectivity index (χ1v) is 12.0. The largest absolute Gasteiger partial charge is 0.368 e. The van der Waals surface area contributed by atoms with Crippen molar-refractivity contribution in [3.05, 3.63) is 102 Å². The first kappa shape index (κ1) is 24.2. The van der Waals surface area contributed by atoms with Crippen molar-refractivity contribution in [2.45, 2.75) is 6.92 Å². The van der Waals surface area contributed by atoms with Gasteiger partial charge in [0.15, 0.2) is 5.11 Å². The molecular formula is C28H28N4O2S. The lowest BCUT2D eigenvalue weighted by molar-refractivity contribution is -0.115. The molecule has 7 heteroatoms. The van der Waals surface area contributed by atoms with Crippen LogP contribution in [-0.2, 0) is 4.79 Å². The SMILES string of the molecule is Cc1ccccc1C(=O)N1CCN(c2ccc(NC(=S)NC(=O)C=Cc3ccccc3)cc2)CC1. The Morgan fingerprint density at radius 3 is 2.20 bits per heavy atom. The standard InChI is InChI=1S/C28H28N4O2S/c1-21-7-5-6-10-25(21)27(34)32-19-17-31(18-20-32)24-14-12-23(13-15-24)29-28(35)30-26(33)16-11-22-8-3-2-4-9-22/h2-16H,17-20H2,1H3,(H2,29,30,33,35). The fraction of sp³-hybridized carbons (Fsp3) is 0.179. The van der Waals surface area contributed by atoms with E-state index in [2.05, 4.69) is 15.5 Å². The van der Waals surface area contributed by atoms with Crippen LogP contribution in [0.1, 0.15) is 21.5 Å². The van der Waals surface area contributed by atoms with Gasteiger partial charge in [-0.15, -0.1) is 0 Å². The quantitative estimate of drug-likeness (QED) is 0.413. The van der Waals surface area contributed by atoms with Gasteiger partial charge in [-0.1, -0.05) is 48.5 Å². The zero-order valence-electron chi connectivity index (χ0n) is 19.6. The lowest BCUT2D eigenvalue weighted by atomic mass is 10.1. The number of nitrogens with one attached hydrogen (secondary N) is 2. The Morgan fingerprint density at radius 2 is 1.51 bits per heavy atom. The number of benzene rings is 3. The zero-order valence-corrected chi connectivity index (χ0v) is 20.4. The molecule has 0 radical (unpaired) electrons. The van der Waals surface area contributed by atoms with Gasteiger partial charge < -0.3 is 15.1 Å². The average molecular weight is 485 g/mol. The molecular weight excluding hydrogens is 456 g/mol. The van der Waals surface area contributed by atoms with Crippen molar-refractivity contribution >= 4 is 46.6 Å². The summed E-state index contributed by atoms with van der Waals surface area (Å²) in [6, 6.07) is 25.2. The predicted molar refractivity (Wildman–Crippen MR) is 146 cm³/mol. The molecule has 6 nitrogen and oxygen atoms in total. The summed E-state index contributed by atoms with van der Waals surface area (Å²) in [4.78, 5) is 29.1. The van der Waals surface area contributed by atoms with Gasteiger partial charge in [-0.25, -0.2) is 0 Å². The molecule has 1 saturated heterocycles. The van der Waals surface area contributed by atoms with Crippen LogP contribution >= 0.6 is 12.2 Å². The summed E-state index contributed by atoms with van der Waals surface area (Å²) in [5.41, 5.74) is 4.59. The molecule has 0 unspecified atom stereocenters. The van der Waals surface area contributed by atoms with E-state index < -0.39 is 0 Å². The first-order chi connectivity index (χ1) is 17.0. The normalized spacial score (nSPS) is 13.5. The Morgan fingerprint density at radius 1 is 0.857 bits per heavy atom. The van der Waals surface area contributed by atoms with Crippen molar-refractivity contribution in [1.82, 2.24) is 10.2 Å². The Hall–Kier alpha value is -3.97. The molecule has 1 heterocycles. The Balaban J connectivity index is 1.26. The number of thiocarbonyl (C=S) groups is 1. The Labute approximate surface area is 211 Å². The van der Waals surface area contributed by atoms with E-state index in [1.54, 1.807) is 6.08 Å². The molecule has 0 saturated carbocycles. The van der Waals surface area contributed by atoms with Gasteiger partial charge >= 0.3 is 0 Å². The molecule has 2 amide bonds. The molecule has 1 fully saturated rings. The van der Waals surface area contributed by atoms with Gasteiger partial charge in [0.1, 0.15) is 0 Å².